The summed E-state index contributed by atoms with van der Waals surface area (Å²) in [6.45, 7) is 2.83. The number of H-pyrrole nitrogens is 1. The van der Waals surface area contributed by atoms with E-state index in [9.17, 15) is 4.79 Å². The molecule has 3 nitrogen and oxygen atoms in total. The Hall–Kier alpha value is -3.17. The molecule has 0 unspecified atom stereocenters. The van der Waals surface area contributed by atoms with Gasteiger partial charge in [0.25, 0.3) is 0 Å². The van der Waals surface area contributed by atoms with Gasteiger partial charge in [-0.2, -0.15) is 0 Å². The van der Waals surface area contributed by atoms with Gasteiger partial charge in [-0.3, -0.25) is 4.79 Å². The van der Waals surface area contributed by atoms with Crippen LogP contribution in [0.5, 0.6) is 0 Å². The van der Waals surface area contributed by atoms with Crippen LogP contribution in [0.25, 0.3) is 10.9 Å². The molecule has 1 heterocycles. The minimum absolute atomic E-state index is 0.0906. The van der Waals surface area contributed by atoms with E-state index in [1.165, 1.54) is 11.1 Å². The summed E-state index contributed by atoms with van der Waals surface area (Å²) in [5, 5.41) is 4.46. The van der Waals surface area contributed by atoms with Crippen molar-refractivity contribution in [2.75, 3.05) is 6.54 Å². The minimum atomic E-state index is -0.370. The van der Waals surface area contributed by atoms with Gasteiger partial charge in [-0.1, -0.05) is 78.4 Å². The third-order valence-electron chi connectivity index (χ3n) is 5.09. The second-order valence-electron chi connectivity index (χ2n) is 7.15. The molecule has 0 radical (unpaired) electrons. The summed E-state index contributed by atoms with van der Waals surface area (Å²) in [7, 11) is 0. The van der Waals surface area contributed by atoms with Gasteiger partial charge in [0.1, 0.15) is 0 Å². The Bertz CT molecular complexity index is 1080. The van der Waals surface area contributed by atoms with Gasteiger partial charge in [0, 0.05) is 29.2 Å². The molecular weight excluding hydrogens is 344 g/mol. The molecule has 0 aliphatic heterocycles. The number of para-hydroxylation sites is 1. The van der Waals surface area contributed by atoms with Crippen LogP contribution >= 0.6 is 0 Å². The van der Waals surface area contributed by atoms with E-state index in [0.29, 0.717) is 0 Å². The molecule has 4 aromatic rings. The van der Waals surface area contributed by atoms with Crippen LogP contribution in [0.4, 0.5) is 0 Å². The highest BCUT2D eigenvalue weighted by Crippen LogP contribution is 2.24. The van der Waals surface area contributed by atoms with Crippen LogP contribution in [0.3, 0.4) is 0 Å². The molecule has 0 saturated carbocycles. The zero-order chi connectivity index (χ0) is 19.3. The Balaban J connectivity index is 1.58. The van der Waals surface area contributed by atoms with Crippen molar-refractivity contribution < 1.29 is 4.79 Å². The summed E-state index contributed by atoms with van der Waals surface area (Å²) in [5.74, 6) is 0.0906. The number of rotatable bonds is 7. The van der Waals surface area contributed by atoms with Gasteiger partial charge in [0.2, 0.25) is 0 Å². The Morgan fingerprint density at radius 1 is 0.964 bits per heavy atom. The maximum Gasteiger partial charge on any atom is 0.186 e. The number of Topliss-reactive ketones (excluding diaryl/α,β-unsaturated/α-hetero) is 1. The van der Waals surface area contributed by atoms with E-state index < -0.39 is 0 Å². The van der Waals surface area contributed by atoms with Crippen LogP contribution < -0.4 is 5.32 Å². The number of nitrogens with one attached hydrogen (secondary N) is 2. The van der Waals surface area contributed by atoms with Crippen LogP contribution in [-0.2, 0) is 6.42 Å². The van der Waals surface area contributed by atoms with Crippen LogP contribution in [0.15, 0.2) is 85.1 Å². The van der Waals surface area contributed by atoms with Crippen molar-refractivity contribution in [1.29, 1.82) is 0 Å². The quantitative estimate of drug-likeness (QED) is 0.439. The van der Waals surface area contributed by atoms with E-state index in [1.807, 2.05) is 60.8 Å². The SMILES string of the molecule is Cc1cccc(CCN[C@@H](C(=O)c2c[nH]c3ccccc23)c2ccccc2)c1. The number of benzene rings is 3. The number of aryl methyl sites for hydroxylation is 1. The van der Waals surface area contributed by atoms with Crippen molar-refractivity contribution in [3.63, 3.8) is 0 Å². The lowest BCUT2D eigenvalue weighted by Gasteiger charge is -2.18. The zero-order valence-corrected chi connectivity index (χ0v) is 16.0. The fourth-order valence-electron chi connectivity index (χ4n) is 3.67. The minimum Gasteiger partial charge on any atom is -0.360 e. The number of aromatic nitrogens is 1. The maximum absolute atomic E-state index is 13.4. The third-order valence-corrected chi connectivity index (χ3v) is 5.09. The van der Waals surface area contributed by atoms with Crippen LogP contribution in [0.2, 0.25) is 0 Å². The van der Waals surface area contributed by atoms with Crippen molar-refractivity contribution in [3.8, 4) is 0 Å². The largest absolute Gasteiger partial charge is 0.360 e. The Morgan fingerprint density at radius 2 is 1.75 bits per heavy atom. The molecule has 0 saturated heterocycles. The normalized spacial score (nSPS) is 12.2. The summed E-state index contributed by atoms with van der Waals surface area (Å²) in [6.07, 6.45) is 2.71. The predicted octanol–water partition coefficient (Wildman–Crippen LogP) is 5.23. The average molecular weight is 368 g/mol. The molecule has 3 aromatic carbocycles. The van der Waals surface area contributed by atoms with Gasteiger partial charge in [-0.15, -0.1) is 0 Å². The third kappa shape index (κ3) is 3.90. The van der Waals surface area contributed by atoms with E-state index >= 15 is 0 Å². The molecule has 4 rings (SSSR count). The molecule has 0 fully saturated rings. The van der Waals surface area contributed by atoms with E-state index in [0.717, 1.165) is 35.0 Å². The smallest absolute Gasteiger partial charge is 0.186 e. The first-order valence-corrected chi connectivity index (χ1v) is 9.66. The molecule has 3 heteroatoms. The lowest BCUT2D eigenvalue weighted by Crippen LogP contribution is -2.30. The van der Waals surface area contributed by atoms with Gasteiger partial charge in [-0.05, 0) is 30.5 Å². The molecule has 1 atom stereocenters. The van der Waals surface area contributed by atoms with Gasteiger partial charge >= 0.3 is 0 Å². The molecule has 1 aromatic heterocycles. The molecular formula is C25H24N2O. The standard InChI is InChI=1S/C25H24N2O/c1-18-8-7-9-19(16-18)14-15-26-24(20-10-3-2-4-11-20)25(28)22-17-27-23-13-6-5-12-21(22)23/h2-13,16-17,24,26-27H,14-15H2,1H3/t24-/m1/s1. The first kappa shape index (κ1) is 18.2. The Kier molecular flexibility index (Phi) is 5.36. The van der Waals surface area contributed by atoms with Crippen LogP contribution in [0.1, 0.15) is 33.1 Å². The molecule has 2 N–H and O–H groups in total. The predicted molar refractivity (Wildman–Crippen MR) is 115 cm³/mol. The average Bonchev–Trinajstić information content (AvgIpc) is 3.16. The van der Waals surface area contributed by atoms with Crippen molar-refractivity contribution >= 4 is 16.7 Å². The number of fused-ring (bicyclic) bond motifs is 1. The fourth-order valence-corrected chi connectivity index (χ4v) is 3.67. The summed E-state index contributed by atoms with van der Waals surface area (Å²) in [5.41, 5.74) is 5.23. The zero-order valence-electron chi connectivity index (χ0n) is 16.0. The summed E-state index contributed by atoms with van der Waals surface area (Å²) >= 11 is 0. The Labute approximate surface area is 165 Å². The van der Waals surface area contributed by atoms with E-state index in [-0.39, 0.29) is 11.8 Å². The van der Waals surface area contributed by atoms with Crippen LogP contribution in [0, 0.1) is 6.92 Å². The van der Waals surface area contributed by atoms with Crippen molar-refractivity contribution in [3.05, 3.63) is 107 Å². The van der Waals surface area contributed by atoms with Gasteiger partial charge in [0.05, 0.1) is 6.04 Å². The molecule has 28 heavy (non-hydrogen) atoms. The van der Waals surface area contributed by atoms with E-state index in [2.05, 4.69) is 41.5 Å². The first-order valence-electron chi connectivity index (χ1n) is 9.66. The molecule has 0 amide bonds. The number of carbonyl (C=O) groups excluding carboxylic acids is 1. The van der Waals surface area contributed by atoms with Gasteiger partial charge in [-0.25, -0.2) is 0 Å². The topological polar surface area (TPSA) is 44.9 Å². The molecule has 0 bridgehead atoms. The van der Waals surface area contributed by atoms with Gasteiger partial charge < -0.3 is 10.3 Å². The molecule has 0 aliphatic carbocycles. The van der Waals surface area contributed by atoms with Crippen molar-refractivity contribution in [2.24, 2.45) is 0 Å². The number of aromatic amines is 1. The fraction of sp³-hybridized carbons (Fsp3) is 0.160. The summed E-state index contributed by atoms with van der Waals surface area (Å²) in [6, 6.07) is 26.0. The van der Waals surface area contributed by atoms with Crippen LogP contribution in [-0.4, -0.2) is 17.3 Å². The van der Waals surface area contributed by atoms with E-state index in [4.69, 9.17) is 0 Å². The second kappa shape index (κ2) is 8.24. The van der Waals surface area contributed by atoms with E-state index in [1.54, 1.807) is 0 Å². The second-order valence-corrected chi connectivity index (χ2v) is 7.15. The summed E-state index contributed by atoms with van der Waals surface area (Å²) < 4.78 is 0. The first-order chi connectivity index (χ1) is 13.7. The molecule has 0 aliphatic rings. The lowest BCUT2D eigenvalue weighted by molar-refractivity contribution is 0.0945. The number of carbonyl (C=O) groups is 1. The number of hydrogen-bond donors (Lipinski definition) is 2. The highest BCUT2D eigenvalue weighted by molar-refractivity contribution is 6.10. The van der Waals surface area contributed by atoms with Crippen molar-refractivity contribution in [2.45, 2.75) is 19.4 Å². The highest BCUT2D eigenvalue weighted by atomic mass is 16.1. The molecule has 0 spiro atoms. The molecule has 140 valence electrons. The number of hydrogen-bond acceptors (Lipinski definition) is 2. The Morgan fingerprint density at radius 3 is 2.57 bits per heavy atom. The maximum atomic E-state index is 13.4. The summed E-state index contributed by atoms with van der Waals surface area (Å²) in [4.78, 5) is 16.6. The lowest BCUT2D eigenvalue weighted by atomic mass is 9.96. The van der Waals surface area contributed by atoms with Crippen molar-refractivity contribution in [1.82, 2.24) is 10.3 Å². The highest BCUT2D eigenvalue weighted by Gasteiger charge is 2.23. The van der Waals surface area contributed by atoms with Gasteiger partial charge in [0.15, 0.2) is 5.78 Å². The number of ketones is 1. The monoisotopic (exact) mass is 368 g/mol.